The number of ether oxygens (including phenoxy) is 3. The summed E-state index contributed by atoms with van der Waals surface area (Å²) in [6.07, 6.45) is 0. The maximum atomic E-state index is 12.7. The standard InChI is InChI=1S/C21H23NO5/c1-14-18-13-17(25-4)9-10-19(18)27-20(14)21(23)22(2)11-12-26-16-7-5-15(24-3)6-8-16/h5-10,13H,11-12H2,1-4H3. The third kappa shape index (κ3) is 4.00. The molecular formula is C21H23NO5. The second kappa shape index (κ2) is 8.03. The number of methoxy groups -OCH3 is 2. The van der Waals surface area contributed by atoms with Gasteiger partial charge in [-0.05, 0) is 49.4 Å². The molecule has 3 aromatic rings. The Morgan fingerprint density at radius 1 is 1.00 bits per heavy atom. The van der Waals surface area contributed by atoms with E-state index in [2.05, 4.69) is 0 Å². The molecule has 0 fully saturated rings. The Morgan fingerprint density at radius 2 is 1.63 bits per heavy atom. The van der Waals surface area contributed by atoms with Crippen LogP contribution >= 0.6 is 0 Å². The number of fused-ring (bicyclic) bond motifs is 1. The molecule has 0 aliphatic rings. The molecular weight excluding hydrogens is 346 g/mol. The summed E-state index contributed by atoms with van der Waals surface area (Å²) in [7, 11) is 4.96. The number of amides is 1. The van der Waals surface area contributed by atoms with E-state index in [0.29, 0.717) is 24.5 Å². The van der Waals surface area contributed by atoms with E-state index in [1.54, 1.807) is 26.2 Å². The van der Waals surface area contributed by atoms with Crippen LogP contribution in [-0.2, 0) is 0 Å². The molecule has 0 unspecified atom stereocenters. The van der Waals surface area contributed by atoms with Gasteiger partial charge in [-0.3, -0.25) is 4.79 Å². The minimum absolute atomic E-state index is 0.180. The molecule has 1 aromatic heterocycles. The molecule has 1 amide bonds. The summed E-state index contributed by atoms with van der Waals surface area (Å²) >= 11 is 0. The number of likely N-dealkylation sites (N-methyl/N-ethyl adjacent to an activating group) is 1. The van der Waals surface area contributed by atoms with Crippen molar-refractivity contribution in [2.75, 3.05) is 34.4 Å². The highest BCUT2D eigenvalue weighted by Gasteiger charge is 2.21. The molecule has 0 bridgehead atoms. The number of hydrogen-bond donors (Lipinski definition) is 0. The van der Waals surface area contributed by atoms with Crippen molar-refractivity contribution in [3.63, 3.8) is 0 Å². The van der Waals surface area contributed by atoms with Crippen molar-refractivity contribution >= 4 is 16.9 Å². The summed E-state index contributed by atoms with van der Waals surface area (Å²) in [6.45, 7) is 2.69. The lowest BCUT2D eigenvalue weighted by molar-refractivity contribution is 0.0744. The molecule has 3 rings (SSSR count). The van der Waals surface area contributed by atoms with Crippen LogP contribution in [0.1, 0.15) is 16.1 Å². The summed E-state index contributed by atoms with van der Waals surface area (Å²) in [4.78, 5) is 14.3. The largest absolute Gasteiger partial charge is 0.497 e. The highest BCUT2D eigenvalue weighted by molar-refractivity contribution is 5.99. The van der Waals surface area contributed by atoms with Gasteiger partial charge in [0.2, 0.25) is 0 Å². The fourth-order valence-corrected chi connectivity index (χ4v) is 2.78. The first-order valence-electron chi connectivity index (χ1n) is 8.63. The average molecular weight is 369 g/mol. The molecule has 0 aliphatic carbocycles. The van der Waals surface area contributed by atoms with Crippen molar-refractivity contribution in [2.45, 2.75) is 6.92 Å². The first-order chi connectivity index (χ1) is 13.0. The van der Waals surface area contributed by atoms with Crippen LogP contribution in [0.4, 0.5) is 0 Å². The fourth-order valence-electron chi connectivity index (χ4n) is 2.78. The van der Waals surface area contributed by atoms with E-state index < -0.39 is 0 Å². The fraction of sp³-hybridized carbons (Fsp3) is 0.286. The van der Waals surface area contributed by atoms with Crippen LogP contribution in [0, 0.1) is 6.92 Å². The van der Waals surface area contributed by atoms with Crippen LogP contribution in [0.3, 0.4) is 0 Å². The molecule has 0 spiro atoms. The van der Waals surface area contributed by atoms with Crippen LogP contribution in [0.25, 0.3) is 11.0 Å². The van der Waals surface area contributed by atoms with Crippen molar-refractivity contribution < 1.29 is 23.4 Å². The average Bonchev–Trinajstić information content (AvgIpc) is 3.03. The van der Waals surface area contributed by atoms with Crippen LogP contribution < -0.4 is 14.2 Å². The zero-order valence-corrected chi connectivity index (χ0v) is 15.9. The van der Waals surface area contributed by atoms with E-state index in [1.807, 2.05) is 49.4 Å². The Hall–Kier alpha value is -3.15. The monoisotopic (exact) mass is 369 g/mol. The second-order valence-electron chi connectivity index (χ2n) is 6.17. The number of carbonyl (C=O) groups excluding carboxylic acids is 1. The smallest absolute Gasteiger partial charge is 0.289 e. The molecule has 0 atom stereocenters. The number of carbonyl (C=O) groups is 1. The van der Waals surface area contributed by atoms with Crippen molar-refractivity contribution in [1.29, 1.82) is 0 Å². The van der Waals surface area contributed by atoms with E-state index in [-0.39, 0.29) is 5.91 Å². The van der Waals surface area contributed by atoms with Gasteiger partial charge in [0, 0.05) is 18.0 Å². The number of nitrogens with zero attached hydrogens (tertiary/aromatic N) is 1. The van der Waals surface area contributed by atoms with Gasteiger partial charge in [-0.25, -0.2) is 0 Å². The van der Waals surface area contributed by atoms with E-state index in [1.165, 1.54) is 0 Å². The van der Waals surface area contributed by atoms with Crippen LogP contribution in [0.5, 0.6) is 17.2 Å². The van der Waals surface area contributed by atoms with Crippen molar-refractivity contribution in [2.24, 2.45) is 0 Å². The second-order valence-corrected chi connectivity index (χ2v) is 6.17. The van der Waals surface area contributed by atoms with E-state index in [4.69, 9.17) is 18.6 Å². The van der Waals surface area contributed by atoms with Crippen LogP contribution in [-0.4, -0.2) is 45.2 Å². The Bertz CT molecular complexity index is 930. The molecule has 27 heavy (non-hydrogen) atoms. The Morgan fingerprint density at radius 3 is 2.30 bits per heavy atom. The molecule has 6 nitrogen and oxygen atoms in total. The third-order valence-corrected chi connectivity index (χ3v) is 4.44. The third-order valence-electron chi connectivity index (χ3n) is 4.44. The zero-order valence-electron chi connectivity index (χ0n) is 15.9. The highest BCUT2D eigenvalue weighted by Crippen LogP contribution is 2.29. The van der Waals surface area contributed by atoms with Gasteiger partial charge in [0.05, 0.1) is 20.8 Å². The number of furan rings is 1. The lowest BCUT2D eigenvalue weighted by Crippen LogP contribution is -2.31. The van der Waals surface area contributed by atoms with E-state index >= 15 is 0 Å². The molecule has 6 heteroatoms. The number of hydrogen-bond acceptors (Lipinski definition) is 5. The number of aryl methyl sites for hydroxylation is 1. The van der Waals surface area contributed by atoms with Gasteiger partial charge in [0.25, 0.3) is 5.91 Å². The van der Waals surface area contributed by atoms with E-state index in [0.717, 1.165) is 28.2 Å². The summed E-state index contributed by atoms with van der Waals surface area (Å²) in [5.74, 6) is 2.38. The molecule has 0 aliphatic heterocycles. The lowest BCUT2D eigenvalue weighted by atomic mass is 10.1. The molecule has 2 aromatic carbocycles. The highest BCUT2D eigenvalue weighted by atomic mass is 16.5. The SMILES string of the molecule is COc1ccc(OCCN(C)C(=O)c2oc3ccc(OC)cc3c2C)cc1. The van der Waals surface area contributed by atoms with Crippen molar-refractivity contribution in [3.8, 4) is 17.2 Å². The first-order valence-corrected chi connectivity index (χ1v) is 8.63. The summed E-state index contributed by atoms with van der Waals surface area (Å²) in [5, 5.41) is 0.876. The van der Waals surface area contributed by atoms with E-state index in [9.17, 15) is 4.79 Å². The van der Waals surface area contributed by atoms with Gasteiger partial charge in [-0.15, -0.1) is 0 Å². The predicted molar refractivity (Wildman–Crippen MR) is 103 cm³/mol. The lowest BCUT2D eigenvalue weighted by Gasteiger charge is -2.16. The molecule has 0 saturated heterocycles. The number of benzene rings is 2. The molecule has 1 heterocycles. The normalized spacial score (nSPS) is 10.7. The molecule has 0 radical (unpaired) electrons. The molecule has 142 valence electrons. The number of rotatable bonds is 7. The Kier molecular flexibility index (Phi) is 5.54. The van der Waals surface area contributed by atoms with Gasteiger partial charge in [-0.2, -0.15) is 0 Å². The summed E-state index contributed by atoms with van der Waals surface area (Å²) in [6, 6.07) is 12.8. The summed E-state index contributed by atoms with van der Waals surface area (Å²) < 4.78 is 21.8. The predicted octanol–water partition coefficient (Wildman–Crippen LogP) is 3.91. The molecule has 0 N–H and O–H groups in total. The van der Waals surface area contributed by atoms with Gasteiger partial charge in [0.1, 0.15) is 29.4 Å². The first kappa shape index (κ1) is 18.6. The zero-order chi connectivity index (χ0) is 19.4. The van der Waals surface area contributed by atoms with Gasteiger partial charge in [-0.1, -0.05) is 0 Å². The van der Waals surface area contributed by atoms with Crippen molar-refractivity contribution in [1.82, 2.24) is 4.90 Å². The minimum atomic E-state index is -0.180. The Balaban J connectivity index is 1.64. The maximum absolute atomic E-state index is 12.7. The topological polar surface area (TPSA) is 61.1 Å². The van der Waals surface area contributed by atoms with Crippen LogP contribution in [0.15, 0.2) is 46.9 Å². The minimum Gasteiger partial charge on any atom is -0.497 e. The maximum Gasteiger partial charge on any atom is 0.289 e. The van der Waals surface area contributed by atoms with Crippen LogP contribution in [0.2, 0.25) is 0 Å². The van der Waals surface area contributed by atoms with Crippen molar-refractivity contribution in [3.05, 3.63) is 53.8 Å². The molecule has 0 saturated carbocycles. The quantitative estimate of drug-likeness (QED) is 0.632. The summed E-state index contributed by atoms with van der Waals surface area (Å²) in [5.41, 5.74) is 1.47. The Labute approximate surface area is 158 Å². The van der Waals surface area contributed by atoms with Gasteiger partial charge < -0.3 is 23.5 Å². The van der Waals surface area contributed by atoms with Gasteiger partial charge >= 0.3 is 0 Å². The van der Waals surface area contributed by atoms with Gasteiger partial charge in [0.15, 0.2) is 5.76 Å².